The fourth-order valence-electron chi connectivity index (χ4n) is 1.83. The summed E-state index contributed by atoms with van der Waals surface area (Å²) in [5.41, 5.74) is 7.75. The largest absolute Gasteiger partial charge is 0.369 e. The van der Waals surface area contributed by atoms with Crippen LogP contribution in [0.25, 0.3) is 11.0 Å². The maximum absolute atomic E-state index is 6.13. The van der Waals surface area contributed by atoms with E-state index < -0.39 is 0 Å². The fourth-order valence-corrected chi connectivity index (χ4v) is 2.04. The van der Waals surface area contributed by atoms with Gasteiger partial charge in [-0.15, -0.1) is 0 Å². The van der Waals surface area contributed by atoms with Crippen LogP contribution in [-0.4, -0.2) is 34.1 Å². The van der Waals surface area contributed by atoms with Gasteiger partial charge in [0.15, 0.2) is 0 Å². The Morgan fingerprint density at radius 1 is 1.39 bits per heavy atom. The Balaban J connectivity index is 2.52. The molecule has 2 N–H and O–H groups in total. The molecule has 0 aliphatic carbocycles. The van der Waals surface area contributed by atoms with Gasteiger partial charge in [-0.25, -0.2) is 4.98 Å². The number of para-hydroxylation sites is 1. The average Bonchev–Trinajstić information content (AvgIpc) is 2.57. The summed E-state index contributed by atoms with van der Waals surface area (Å²) in [5, 5.41) is 0.639. The molecule has 1 aromatic heterocycles. The van der Waals surface area contributed by atoms with Crippen molar-refractivity contribution in [3.05, 3.63) is 23.2 Å². The Labute approximate surface area is 112 Å². The lowest BCUT2D eigenvalue weighted by Gasteiger charge is -2.33. The molecule has 1 heterocycles. The highest BCUT2D eigenvalue weighted by Gasteiger charge is 2.23. The van der Waals surface area contributed by atoms with Crippen molar-refractivity contribution in [1.29, 1.82) is 0 Å². The molecule has 0 spiro atoms. The molecule has 0 atom stereocenters. The second kappa shape index (κ2) is 4.44. The topological polar surface area (TPSA) is 47.1 Å². The highest BCUT2D eigenvalue weighted by molar-refractivity contribution is 6.35. The first kappa shape index (κ1) is 13.2. The van der Waals surface area contributed by atoms with E-state index in [4.69, 9.17) is 17.3 Å². The zero-order valence-corrected chi connectivity index (χ0v) is 12.0. The lowest BCUT2D eigenvalue weighted by Crippen LogP contribution is -2.42. The van der Waals surface area contributed by atoms with Crippen LogP contribution >= 0.6 is 11.6 Å². The van der Waals surface area contributed by atoms with Crippen molar-refractivity contribution in [3.8, 4) is 0 Å². The van der Waals surface area contributed by atoms with Gasteiger partial charge in [-0.05, 0) is 40.1 Å². The molecular formula is C13H19ClN4. The molecule has 2 aromatic rings. The number of imidazole rings is 1. The summed E-state index contributed by atoms with van der Waals surface area (Å²) in [7, 11) is 4.12. The van der Waals surface area contributed by atoms with Gasteiger partial charge in [-0.2, -0.15) is 0 Å². The number of fused-ring (bicyclic) bond motifs is 1. The zero-order valence-electron chi connectivity index (χ0n) is 11.2. The van der Waals surface area contributed by atoms with E-state index in [2.05, 4.69) is 37.8 Å². The Morgan fingerprint density at radius 3 is 2.67 bits per heavy atom. The Morgan fingerprint density at radius 2 is 2.06 bits per heavy atom. The van der Waals surface area contributed by atoms with E-state index in [0.717, 1.165) is 17.6 Å². The monoisotopic (exact) mass is 266 g/mol. The number of halogens is 1. The molecule has 2 rings (SSSR count). The van der Waals surface area contributed by atoms with Gasteiger partial charge in [0.25, 0.3) is 0 Å². The first-order valence-corrected chi connectivity index (χ1v) is 6.28. The number of aromatic nitrogens is 2. The summed E-state index contributed by atoms with van der Waals surface area (Å²) in [6.07, 6.45) is 0. The summed E-state index contributed by atoms with van der Waals surface area (Å²) >= 11 is 6.13. The smallest absolute Gasteiger partial charge is 0.201 e. The van der Waals surface area contributed by atoms with Gasteiger partial charge >= 0.3 is 0 Å². The van der Waals surface area contributed by atoms with Crippen LogP contribution in [0.4, 0.5) is 5.95 Å². The minimum absolute atomic E-state index is 0.00985. The van der Waals surface area contributed by atoms with E-state index in [9.17, 15) is 0 Å². The maximum atomic E-state index is 6.13. The second-order valence-electron chi connectivity index (χ2n) is 5.37. The summed E-state index contributed by atoms with van der Waals surface area (Å²) in [6, 6.07) is 5.75. The third-order valence-corrected chi connectivity index (χ3v) is 3.82. The van der Waals surface area contributed by atoms with Crippen molar-refractivity contribution >= 4 is 28.6 Å². The predicted molar refractivity (Wildman–Crippen MR) is 76.9 cm³/mol. The van der Waals surface area contributed by atoms with E-state index in [0.29, 0.717) is 11.0 Å². The lowest BCUT2D eigenvalue weighted by atomic mass is 10.0. The van der Waals surface area contributed by atoms with Crippen LogP contribution in [0, 0.1) is 0 Å². The molecule has 98 valence electrons. The summed E-state index contributed by atoms with van der Waals surface area (Å²) in [4.78, 5) is 6.52. The molecule has 0 saturated heterocycles. The number of rotatable bonds is 3. The first-order valence-electron chi connectivity index (χ1n) is 5.90. The molecule has 0 saturated carbocycles. The molecule has 18 heavy (non-hydrogen) atoms. The van der Waals surface area contributed by atoms with Gasteiger partial charge in [0.05, 0.1) is 10.5 Å². The highest BCUT2D eigenvalue weighted by atomic mass is 35.5. The molecule has 0 radical (unpaired) electrons. The standard InChI is InChI=1S/C13H19ClN4/c1-13(2,17(3)4)8-18-10-7-5-6-9(14)11(10)16-12(18)15/h5-7H,8H2,1-4H3,(H2,15,16). The molecule has 4 nitrogen and oxygen atoms in total. The molecule has 0 unspecified atom stereocenters. The molecular weight excluding hydrogens is 248 g/mol. The van der Waals surface area contributed by atoms with E-state index in [1.54, 1.807) is 0 Å². The van der Waals surface area contributed by atoms with E-state index in [1.807, 2.05) is 22.8 Å². The minimum atomic E-state index is -0.00985. The summed E-state index contributed by atoms with van der Waals surface area (Å²) in [6.45, 7) is 5.11. The number of anilines is 1. The SMILES string of the molecule is CN(C)C(C)(C)Cn1c(N)nc2c(Cl)cccc21. The Kier molecular flexibility index (Phi) is 3.25. The molecule has 0 amide bonds. The van der Waals surface area contributed by atoms with E-state index in [-0.39, 0.29) is 5.54 Å². The summed E-state index contributed by atoms with van der Waals surface area (Å²) in [5.74, 6) is 0.507. The van der Waals surface area contributed by atoms with Crippen LogP contribution in [0.15, 0.2) is 18.2 Å². The minimum Gasteiger partial charge on any atom is -0.369 e. The number of hydrogen-bond donors (Lipinski definition) is 1. The van der Waals surface area contributed by atoms with Crippen molar-refractivity contribution < 1.29 is 0 Å². The zero-order chi connectivity index (χ0) is 13.5. The predicted octanol–water partition coefficient (Wildman–Crippen LogP) is 2.61. The Bertz CT molecular complexity index is 572. The molecule has 5 heteroatoms. The number of nitrogen functional groups attached to an aromatic ring is 1. The summed E-state index contributed by atoms with van der Waals surface area (Å²) < 4.78 is 2.02. The number of hydrogen-bond acceptors (Lipinski definition) is 3. The van der Waals surface area contributed by atoms with Gasteiger partial charge in [0.1, 0.15) is 5.52 Å². The number of nitrogens with zero attached hydrogens (tertiary/aromatic N) is 3. The van der Waals surface area contributed by atoms with Crippen molar-refractivity contribution in [2.45, 2.75) is 25.9 Å². The van der Waals surface area contributed by atoms with E-state index >= 15 is 0 Å². The quantitative estimate of drug-likeness (QED) is 0.929. The molecule has 0 aliphatic rings. The van der Waals surface area contributed by atoms with Crippen LogP contribution in [-0.2, 0) is 6.54 Å². The van der Waals surface area contributed by atoms with Crippen LogP contribution in [0.2, 0.25) is 5.02 Å². The lowest BCUT2D eigenvalue weighted by molar-refractivity contribution is 0.172. The van der Waals surface area contributed by atoms with E-state index in [1.165, 1.54) is 0 Å². The van der Waals surface area contributed by atoms with Gasteiger partial charge in [0.2, 0.25) is 5.95 Å². The van der Waals surface area contributed by atoms with Gasteiger partial charge in [-0.3, -0.25) is 0 Å². The number of benzene rings is 1. The second-order valence-corrected chi connectivity index (χ2v) is 5.78. The highest BCUT2D eigenvalue weighted by Crippen LogP contribution is 2.27. The van der Waals surface area contributed by atoms with Gasteiger partial charge in [0, 0.05) is 12.1 Å². The molecule has 0 fully saturated rings. The van der Waals surface area contributed by atoms with Gasteiger partial charge < -0.3 is 15.2 Å². The Hall–Kier alpha value is -1.26. The van der Waals surface area contributed by atoms with Crippen LogP contribution in [0.1, 0.15) is 13.8 Å². The van der Waals surface area contributed by atoms with Crippen molar-refractivity contribution in [1.82, 2.24) is 14.5 Å². The van der Waals surface area contributed by atoms with Crippen molar-refractivity contribution in [3.63, 3.8) is 0 Å². The average molecular weight is 267 g/mol. The van der Waals surface area contributed by atoms with Crippen LogP contribution < -0.4 is 5.73 Å². The fraction of sp³-hybridized carbons (Fsp3) is 0.462. The third kappa shape index (κ3) is 2.18. The number of likely N-dealkylation sites (N-methyl/N-ethyl adjacent to an activating group) is 1. The number of nitrogens with two attached hydrogens (primary N) is 1. The normalized spacial score (nSPS) is 12.6. The molecule has 0 bridgehead atoms. The van der Waals surface area contributed by atoms with Crippen molar-refractivity contribution in [2.75, 3.05) is 19.8 Å². The van der Waals surface area contributed by atoms with Crippen LogP contribution in [0.5, 0.6) is 0 Å². The van der Waals surface area contributed by atoms with Crippen molar-refractivity contribution in [2.24, 2.45) is 0 Å². The molecule has 1 aromatic carbocycles. The first-order chi connectivity index (χ1) is 8.33. The molecule has 0 aliphatic heterocycles. The van der Waals surface area contributed by atoms with Crippen LogP contribution in [0.3, 0.4) is 0 Å². The maximum Gasteiger partial charge on any atom is 0.201 e. The van der Waals surface area contributed by atoms with Gasteiger partial charge in [-0.1, -0.05) is 17.7 Å². The third-order valence-electron chi connectivity index (χ3n) is 3.51.